The van der Waals surface area contributed by atoms with E-state index in [2.05, 4.69) is 14.8 Å². The first-order chi connectivity index (χ1) is 9.02. The zero-order valence-electron chi connectivity index (χ0n) is 9.61. The molecule has 0 amide bonds. The van der Waals surface area contributed by atoms with E-state index in [-0.39, 0.29) is 22.2 Å². The van der Waals surface area contributed by atoms with E-state index in [9.17, 15) is 14.9 Å². The third kappa shape index (κ3) is 2.52. The van der Waals surface area contributed by atoms with Gasteiger partial charge in [-0.15, -0.1) is 5.10 Å². The summed E-state index contributed by atoms with van der Waals surface area (Å²) in [4.78, 5) is 25.3. The summed E-state index contributed by atoms with van der Waals surface area (Å²) < 4.78 is 5.56. The molecule has 9 heteroatoms. The number of rotatable bonds is 3. The third-order valence-electron chi connectivity index (χ3n) is 2.24. The van der Waals surface area contributed by atoms with E-state index in [0.717, 1.165) is 4.68 Å². The largest absolute Gasteiger partial charge is 0.463 e. The Balaban J connectivity index is 2.50. The molecule has 0 spiro atoms. The first kappa shape index (κ1) is 13.0. The fraction of sp³-hybridized carbons (Fsp3) is 0.100. The van der Waals surface area contributed by atoms with Gasteiger partial charge in [-0.05, 0) is 12.1 Å². The van der Waals surface area contributed by atoms with Gasteiger partial charge >= 0.3 is 5.97 Å². The van der Waals surface area contributed by atoms with E-state index in [1.165, 1.54) is 31.6 Å². The number of halogens is 1. The van der Waals surface area contributed by atoms with Crippen LogP contribution in [0, 0.1) is 10.1 Å². The number of ether oxygens (including phenoxy) is 1. The third-order valence-corrected chi connectivity index (χ3v) is 2.48. The molecular weight excluding hydrogens is 276 g/mol. The summed E-state index contributed by atoms with van der Waals surface area (Å²) >= 11 is 5.70. The molecule has 0 unspecified atom stereocenters. The quantitative estimate of drug-likeness (QED) is 0.482. The zero-order valence-corrected chi connectivity index (χ0v) is 10.4. The molecule has 1 aromatic heterocycles. The molecule has 0 fully saturated rings. The number of nitro groups is 1. The molecule has 0 bridgehead atoms. The van der Waals surface area contributed by atoms with Gasteiger partial charge in [0.2, 0.25) is 0 Å². The van der Waals surface area contributed by atoms with Crippen molar-refractivity contribution in [3.8, 4) is 5.69 Å². The highest BCUT2D eigenvalue weighted by Crippen LogP contribution is 2.25. The minimum absolute atomic E-state index is 0.150. The molecule has 2 rings (SSSR count). The Bertz CT molecular complexity index is 655. The first-order valence-electron chi connectivity index (χ1n) is 4.97. The van der Waals surface area contributed by atoms with Crippen molar-refractivity contribution in [2.24, 2.45) is 0 Å². The van der Waals surface area contributed by atoms with E-state index in [1.807, 2.05) is 0 Å². The van der Waals surface area contributed by atoms with E-state index in [1.54, 1.807) is 0 Å². The molecule has 0 atom stereocenters. The Morgan fingerprint density at radius 3 is 2.89 bits per heavy atom. The predicted octanol–water partition coefficient (Wildman–Crippen LogP) is 1.62. The van der Waals surface area contributed by atoms with Gasteiger partial charge in [0.25, 0.3) is 11.5 Å². The topological polar surface area (TPSA) is 100 Å². The van der Waals surface area contributed by atoms with Crippen molar-refractivity contribution < 1.29 is 14.5 Å². The molecule has 19 heavy (non-hydrogen) atoms. The predicted molar refractivity (Wildman–Crippen MR) is 64.4 cm³/mol. The van der Waals surface area contributed by atoms with Crippen LogP contribution in [0.25, 0.3) is 5.69 Å². The van der Waals surface area contributed by atoms with Crippen molar-refractivity contribution in [2.75, 3.05) is 7.11 Å². The van der Waals surface area contributed by atoms with Crippen LogP contribution in [-0.2, 0) is 4.74 Å². The lowest BCUT2D eigenvalue weighted by atomic mass is 10.3. The summed E-state index contributed by atoms with van der Waals surface area (Å²) in [5.74, 6) is -0.915. The van der Waals surface area contributed by atoms with Gasteiger partial charge in [-0.3, -0.25) is 10.1 Å². The first-order valence-corrected chi connectivity index (χ1v) is 5.35. The summed E-state index contributed by atoms with van der Waals surface area (Å²) in [5, 5.41) is 15.0. The molecule has 0 saturated heterocycles. The Labute approximate surface area is 111 Å². The minimum Gasteiger partial charge on any atom is -0.463 e. The van der Waals surface area contributed by atoms with Crippen LogP contribution in [-0.4, -0.2) is 32.8 Å². The molecule has 1 heterocycles. The van der Waals surface area contributed by atoms with Gasteiger partial charge in [-0.1, -0.05) is 11.6 Å². The van der Waals surface area contributed by atoms with Crippen LogP contribution in [0.2, 0.25) is 5.02 Å². The summed E-state index contributed by atoms with van der Waals surface area (Å²) in [6.07, 6.45) is 1.18. The number of carbonyl (C=O) groups is 1. The number of methoxy groups -OCH3 is 1. The highest BCUT2D eigenvalue weighted by atomic mass is 35.5. The molecule has 0 aliphatic carbocycles. The van der Waals surface area contributed by atoms with Crippen LogP contribution in [0.1, 0.15) is 10.6 Å². The van der Waals surface area contributed by atoms with Crippen LogP contribution in [0.15, 0.2) is 24.5 Å². The fourth-order valence-corrected chi connectivity index (χ4v) is 1.57. The lowest BCUT2D eigenvalue weighted by molar-refractivity contribution is -0.384. The maximum absolute atomic E-state index is 11.2. The average Bonchev–Trinajstić information content (AvgIpc) is 2.87. The lowest BCUT2D eigenvalue weighted by Crippen LogP contribution is -2.06. The number of nitrogens with zero attached hydrogens (tertiary/aromatic N) is 4. The number of hydrogen-bond acceptors (Lipinski definition) is 6. The van der Waals surface area contributed by atoms with Crippen molar-refractivity contribution in [1.82, 2.24) is 14.8 Å². The SMILES string of the molecule is COC(=O)c1ncn(-c2ccc(Cl)cc2[N+](=O)[O-])n1. The smallest absolute Gasteiger partial charge is 0.377 e. The normalized spacial score (nSPS) is 10.2. The van der Waals surface area contributed by atoms with Gasteiger partial charge < -0.3 is 4.74 Å². The number of carbonyl (C=O) groups excluding carboxylic acids is 1. The Morgan fingerprint density at radius 1 is 1.53 bits per heavy atom. The molecule has 8 nitrogen and oxygen atoms in total. The van der Waals surface area contributed by atoms with Crippen LogP contribution in [0.4, 0.5) is 5.69 Å². The van der Waals surface area contributed by atoms with Crippen molar-refractivity contribution in [1.29, 1.82) is 0 Å². The van der Waals surface area contributed by atoms with Crippen LogP contribution in [0.3, 0.4) is 0 Å². The molecule has 98 valence electrons. The van der Waals surface area contributed by atoms with Crippen LogP contribution >= 0.6 is 11.6 Å². The standard InChI is InChI=1S/C10H7ClN4O4/c1-19-10(16)9-12-5-14(13-9)7-3-2-6(11)4-8(7)15(17)18/h2-5H,1H3. The summed E-state index contributed by atoms with van der Waals surface area (Å²) in [6.45, 7) is 0. The molecule has 0 radical (unpaired) electrons. The molecular formula is C10H7ClN4O4. The van der Waals surface area contributed by atoms with Crippen LogP contribution < -0.4 is 0 Å². The van der Waals surface area contributed by atoms with E-state index in [0.29, 0.717) is 0 Å². The van der Waals surface area contributed by atoms with Gasteiger partial charge in [-0.25, -0.2) is 14.5 Å². The van der Waals surface area contributed by atoms with E-state index < -0.39 is 10.9 Å². The highest BCUT2D eigenvalue weighted by Gasteiger charge is 2.19. The van der Waals surface area contributed by atoms with Crippen molar-refractivity contribution >= 4 is 23.3 Å². The van der Waals surface area contributed by atoms with Gasteiger partial charge in [-0.2, -0.15) is 0 Å². The Morgan fingerprint density at radius 2 is 2.26 bits per heavy atom. The fourth-order valence-electron chi connectivity index (χ4n) is 1.40. The van der Waals surface area contributed by atoms with Gasteiger partial charge in [0.05, 0.1) is 12.0 Å². The minimum atomic E-state index is -0.727. The van der Waals surface area contributed by atoms with Gasteiger partial charge in [0, 0.05) is 11.1 Å². The average molecular weight is 283 g/mol. The maximum Gasteiger partial charge on any atom is 0.377 e. The van der Waals surface area contributed by atoms with E-state index in [4.69, 9.17) is 11.6 Å². The number of aromatic nitrogens is 3. The monoisotopic (exact) mass is 282 g/mol. The highest BCUT2D eigenvalue weighted by molar-refractivity contribution is 6.30. The molecule has 0 saturated carbocycles. The van der Waals surface area contributed by atoms with Crippen molar-refractivity contribution in [3.05, 3.63) is 45.5 Å². The summed E-state index contributed by atoms with van der Waals surface area (Å²) in [6, 6.07) is 4.08. The maximum atomic E-state index is 11.2. The summed E-state index contributed by atoms with van der Waals surface area (Å²) in [5.41, 5.74) is -0.0918. The van der Waals surface area contributed by atoms with Crippen molar-refractivity contribution in [3.63, 3.8) is 0 Å². The molecule has 0 aliphatic heterocycles. The number of benzene rings is 1. The zero-order chi connectivity index (χ0) is 14.0. The molecule has 0 N–H and O–H groups in total. The second-order valence-electron chi connectivity index (χ2n) is 3.39. The van der Waals surface area contributed by atoms with Gasteiger partial charge in [0.15, 0.2) is 0 Å². The Hall–Kier alpha value is -2.48. The number of hydrogen-bond donors (Lipinski definition) is 0. The second-order valence-corrected chi connectivity index (χ2v) is 3.83. The summed E-state index contributed by atoms with van der Waals surface area (Å²) in [7, 11) is 1.19. The van der Waals surface area contributed by atoms with Crippen molar-refractivity contribution in [2.45, 2.75) is 0 Å². The molecule has 1 aromatic carbocycles. The lowest BCUT2D eigenvalue weighted by Gasteiger charge is -2.02. The van der Waals surface area contributed by atoms with Crippen LogP contribution in [0.5, 0.6) is 0 Å². The Kier molecular flexibility index (Phi) is 3.43. The molecule has 2 aromatic rings. The van der Waals surface area contributed by atoms with E-state index >= 15 is 0 Å². The second kappa shape index (κ2) is 5.02. The van der Waals surface area contributed by atoms with Gasteiger partial charge in [0.1, 0.15) is 12.0 Å². The number of esters is 1. The number of nitro benzene ring substituents is 1. The molecule has 0 aliphatic rings.